The number of benzene rings is 1. The smallest absolute Gasteiger partial charge is 0.132 e. The second kappa shape index (κ2) is 4.95. The molecule has 0 amide bonds. The maximum absolute atomic E-state index is 4.44. The van der Waals surface area contributed by atoms with Crippen molar-refractivity contribution in [2.24, 2.45) is 0 Å². The molecular weight excluding hydrogens is 210 g/mol. The van der Waals surface area contributed by atoms with E-state index < -0.39 is 0 Å². The quantitative estimate of drug-likeness (QED) is 0.875. The summed E-state index contributed by atoms with van der Waals surface area (Å²) in [6.45, 7) is 4.23. The van der Waals surface area contributed by atoms with Crippen LogP contribution in [0.15, 0.2) is 30.6 Å². The van der Waals surface area contributed by atoms with E-state index in [1.165, 1.54) is 16.7 Å². The van der Waals surface area contributed by atoms with Gasteiger partial charge < -0.3 is 5.32 Å². The number of aryl methyl sites for hydroxylation is 1. The molecule has 88 valence electrons. The molecule has 0 spiro atoms. The fraction of sp³-hybridized carbons (Fsp3) is 0.286. The molecule has 1 heterocycles. The fourth-order valence-corrected chi connectivity index (χ4v) is 2.03. The van der Waals surface area contributed by atoms with Gasteiger partial charge >= 0.3 is 0 Å². The maximum Gasteiger partial charge on any atom is 0.132 e. The molecule has 2 rings (SSSR count). The van der Waals surface area contributed by atoms with Gasteiger partial charge in [0.1, 0.15) is 12.1 Å². The van der Waals surface area contributed by atoms with Gasteiger partial charge in [-0.2, -0.15) is 0 Å². The third-order valence-corrected chi connectivity index (χ3v) is 2.94. The van der Waals surface area contributed by atoms with E-state index in [1.54, 1.807) is 6.33 Å². The van der Waals surface area contributed by atoms with Crippen molar-refractivity contribution in [1.82, 2.24) is 9.97 Å². The minimum absolute atomic E-state index is 0.917. The Bertz CT molecular complexity index is 521. The Balaban J connectivity index is 2.63. The van der Waals surface area contributed by atoms with Gasteiger partial charge in [-0.05, 0) is 18.9 Å². The second-order valence-electron chi connectivity index (χ2n) is 3.97. The van der Waals surface area contributed by atoms with Gasteiger partial charge in [-0.25, -0.2) is 9.97 Å². The molecule has 0 unspecified atom stereocenters. The van der Waals surface area contributed by atoms with Crippen LogP contribution in [0.1, 0.15) is 18.1 Å². The van der Waals surface area contributed by atoms with Crippen molar-refractivity contribution < 1.29 is 0 Å². The van der Waals surface area contributed by atoms with Crippen molar-refractivity contribution in [3.05, 3.63) is 41.7 Å². The van der Waals surface area contributed by atoms with Crippen LogP contribution in [-0.4, -0.2) is 17.0 Å². The van der Waals surface area contributed by atoms with E-state index in [0.29, 0.717) is 0 Å². The van der Waals surface area contributed by atoms with E-state index in [9.17, 15) is 0 Å². The number of rotatable bonds is 3. The molecule has 0 aliphatic carbocycles. The monoisotopic (exact) mass is 227 g/mol. The van der Waals surface area contributed by atoms with Gasteiger partial charge in [-0.15, -0.1) is 0 Å². The largest absolute Gasteiger partial charge is 0.373 e. The number of aromatic nitrogens is 2. The lowest BCUT2D eigenvalue weighted by molar-refractivity contribution is 1.05. The Hall–Kier alpha value is -1.90. The van der Waals surface area contributed by atoms with Gasteiger partial charge in [0, 0.05) is 18.2 Å². The lowest BCUT2D eigenvalue weighted by Gasteiger charge is -2.12. The Morgan fingerprint density at radius 2 is 1.94 bits per heavy atom. The van der Waals surface area contributed by atoms with Gasteiger partial charge in [-0.3, -0.25) is 0 Å². The lowest BCUT2D eigenvalue weighted by atomic mass is 10.0. The van der Waals surface area contributed by atoms with Crippen molar-refractivity contribution in [1.29, 1.82) is 0 Å². The Kier molecular flexibility index (Phi) is 3.38. The van der Waals surface area contributed by atoms with E-state index in [0.717, 1.165) is 17.9 Å². The average molecular weight is 227 g/mol. The van der Waals surface area contributed by atoms with Gasteiger partial charge in [0.15, 0.2) is 0 Å². The van der Waals surface area contributed by atoms with Crippen molar-refractivity contribution in [2.45, 2.75) is 20.3 Å². The lowest BCUT2D eigenvalue weighted by Crippen LogP contribution is -2.02. The van der Waals surface area contributed by atoms with E-state index in [2.05, 4.69) is 41.3 Å². The molecule has 0 radical (unpaired) electrons. The molecule has 0 bridgehead atoms. The zero-order chi connectivity index (χ0) is 12.3. The number of anilines is 1. The predicted octanol–water partition coefficient (Wildman–Crippen LogP) is 3.06. The first-order chi connectivity index (χ1) is 8.27. The SMILES string of the molecule is CCc1c(NC)ncnc1-c1ccccc1C. The standard InChI is InChI=1S/C14H17N3/c1-4-11-13(16-9-17-14(11)15-3)12-8-6-5-7-10(12)2/h5-9H,4H2,1-3H3,(H,15,16,17). The zero-order valence-electron chi connectivity index (χ0n) is 10.5. The van der Waals surface area contributed by atoms with Crippen LogP contribution in [0.5, 0.6) is 0 Å². The molecule has 1 N–H and O–H groups in total. The van der Waals surface area contributed by atoms with Gasteiger partial charge in [-0.1, -0.05) is 31.2 Å². The van der Waals surface area contributed by atoms with Crippen LogP contribution in [0, 0.1) is 6.92 Å². The van der Waals surface area contributed by atoms with E-state index in [4.69, 9.17) is 0 Å². The minimum Gasteiger partial charge on any atom is -0.373 e. The van der Waals surface area contributed by atoms with E-state index in [1.807, 2.05) is 19.2 Å². The highest BCUT2D eigenvalue weighted by Crippen LogP contribution is 2.28. The molecule has 0 fully saturated rings. The number of hydrogen-bond acceptors (Lipinski definition) is 3. The first-order valence-electron chi connectivity index (χ1n) is 5.85. The molecule has 1 aromatic heterocycles. The molecule has 3 heteroatoms. The molecule has 2 aromatic rings. The van der Waals surface area contributed by atoms with Crippen molar-refractivity contribution >= 4 is 5.82 Å². The van der Waals surface area contributed by atoms with Crippen LogP contribution in [0.2, 0.25) is 0 Å². The van der Waals surface area contributed by atoms with Crippen LogP contribution in [0.3, 0.4) is 0 Å². The summed E-state index contributed by atoms with van der Waals surface area (Å²) in [5.74, 6) is 0.917. The topological polar surface area (TPSA) is 37.8 Å². The predicted molar refractivity (Wildman–Crippen MR) is 71.1 cm³/mol. The highest BCUT2D eigenvalue weighted by molar-refractivity contribution is 5.70. The van der Waals surface area contributed by atoms with Crippen LogP contribution in [0.25, 0.3) is 11.3 Å². The summed E-state index contributed by atoms with van der Waals surface area (Å²) < 4.78 is 0. The van der Waals surface area contributed by atoms with E-state index in [-0.39, 0.29) is 0 Å². The molecule has 0 atom stereocenters. The Morgan fingerprint density at radius 3 is 2.59 bits per heavy atom. The normalized spacial score (nSPS) is 10.3. The summed E-state index contributed by atoms with van der Waals surface area (Å²) in [5.41, 5.74) is 4.63. The number of nitrogens with one attached hydrogen (secondary N) is 1. The first-order valence-corrected chi connectivity index (χ1v) is 5.85. The number of nitrogens with zero attached hydrogens (tertiary/aromatic N) is 2. The zero-order valence-corrected chi connectivity index (χ0v) is 10.5. The summed E-state index contributed by atoms with van der Waals surface area (Å²) in [7, 11) is 1.89. The molecule has 1 aromatic carbocycles. The molecule has 3 nitrogen and oxygen atoms in total. The summed E-state index contributed by atoms with van der Waals surface area (Å²) in [5, 5.41) is 3.12. The molecule has 0 aliphatic heterocycles. The van der Waals surface area contributed by atoms with Crippen LogP contribution in [-0.2, 0) is 6.42 Å². The highest BCUT2D eigenvalue weighted by Gasteiger charge is 2.11. The second-order valence-corrected chi connectivity index (χ2v) is 3.97. The first kappa shape index (κ1) is 11.6. The fourth-order valence-electron chi connectivity index (χ4n) is 2.03. The summed E-state index contributed by atoms with van der Waals surface area (Å²) in [6.07, 6.45) is 2.54. The summed E-state index contributed by atoms with van der Waals surface area (Å²) in [4.78, 5) is 8.70. The van der Waals surface area contributed by atoms with Crippen LogP contribution in [0.4, 0.5) is 5.82 Å². The Morgan fingerprint density at radius 1 is 1.18 bits per heavy atom. The molecular formula is C14H17N3. The minimum atomic E-state index is 0.917. The highest BCUT2D eigenvalue weighted by atomic mass is 15.0. The van der Waals surface area contributed by atoms with Gasteiger partial charge in [0.2, 0.25) is 0 Å². The third-order valence-electron chi connectivity index (χ3n) is 2.94. The Labute approximate surface area is 102 Å². The average Bonchev–Trinajstić information content (AvgIpc) is 2.38. The van der Waals surface area contributed by atoms with Crippen molar-refractivity contribution in [3.8, 4) is 11.3 Å². The van der Waals surface area contributed by atoms with Gasteiger partial charge in [0.25, 0.3) is 0 Å². The molecule has 0 aliphatic rings. The summed E-state index contributed by atoms with van der Waals surface area (Å²) >= 11 is 0. The third kappa shape index (κ3) is 2.13. The summed E-state index contributed by atoms with van der Waals surface area (Å²) in [6, 6.07) is 8.31. The van der Waals surface area contributed by atoms with Gasteiger partial charge in [0.05, 0.1) is 5.69 Å². The molecule has 0 saturated heterocycles. The van der Waals surface area contributed by atoms with Crippen LogP contribution >= 0.6 is 0 Å². The molecule has 17 heavy (non-hydrogen) atoms. The number of hydrogen-bond donors (Lipinski definition) is 1. The molecule has 0 saturated carbocycles. The van der Waals surface area contributed by atoms with Crippen molar-refractivity contribution in [2.75, 3.05) is 12.4 Å². The maximum atomic E-state index is 4.44. The van der Waals surface area contributed by atoms with Crippen LogP contribution < -0.4 is 5.32 Å². The van der Waals surface area contributed by atoms with Crippen molar-refractivity contribution in [3.63, 3.8) is 0 Å². The van der Waals surface area contributed by atoms with E-state index >= 15 is 0 Å².